The average Bonchev–Trinajstić information content (AvgIpc) is 3.19. The lowest BCUT2D eigenvalue weighted by molar-refractivity contribution is -0.115. The molecular formula is C16H13Cl2N3OS3. The van der Waals surface area contributed by atoms with E-state index < -0.39 is 0 Å². The molecule has 0 aliphatic carbocycles. The highest BCUT2D eigenvalue weighted by molar-refractivity contribution is 8.02. The summed E-state index contributed by atoms with van der Waals surface area (Å²) in [6.07, 6.45) is 0. The molecule has 9 heteroatoms. The first-order valence-corrected chi connectivity index (χ1v) is 10.6. The van der Waals surface area contributed by atoms with Crippen LogP contribution >= 0.6 is 57.6 Å². The van der Waals surface area contributed by atoms with E-state index in [1.807, 2.05) is 30.7 Å². The topological polar surface area (TPSA) is 54.9 Å². The second-order valence-electron chi connectivity index (χ2n) is 5.17. The molecule has 0 bridgehead atoms. The van der Waals surface area contributed by atoms with Gasteiger partial charge in [-0.1, -0.05) is 41.0 Å². The Labute approximate surface area is 167 Å². The van der Waals surface area contributed by atoms with Crippen molar-refractivity contribution >= 4 is 68.7 Å². The molecule has 0 saturated heterocycles. The molecule has 130 valence electrons. The second-order valence-corrected chi connectivity index (χ2v) is 9.29. The maximum Gasteiger partial charge on any atom is 0.239 e. The summed E-state index contributed by atoms with van der Waals surface area (Å²) in [5.41, 5.74) is 2.56. The Morgan fingerprint density at radius 3 is 2.68 bits per heavy atom. The summed E-state index contributed by atoms with van der Waals surface area (Å²) in [6, 6.07) is 5.33. The molecule has 0 spiro atoms. The molecule has 2 aromatic heterocycles. The SMILES string of the molecule is Cc1csc(SC(C)C(=O)Nc2nc(-c3ccc(Cl)c(Cl)c3)cs2)n1. The fraction of sp³-hybridized carbons (Fsp3) is 0.188. The summed E-state index contributed by atoms with van der Waals surface area (Å²) in [5, 5.41) is 7.95. The smallest absolute Gasteiger partial charge is 0.239 e. The first-order valence-electron chi connectivity index (χ1n) is 7.23. The van der Waals surface area contributed by atoms with Gasteiger partial charge in [0, 0.05) is 22.0 Å². The zero-order valence-electron chi connectivity index (χ0n) is 13.2. The van der Waals surface area contributed by atoms with Crippen molar-refractivity contribution in [2.45, 2.75) is 23.4 Å². The number of thiazole rings is 2. The molecule has 25 heavy (non-hydrogen) atoms. The molecule has 1 atom stereocenters. The van der Waals surface area contributed by atoms with Crippen LogP contribution in [0.1, 0.15) is 12.6 Å². The second kappa shape index (κ2) is 8.05. The van der Waals surface area contributed by atoms with Gasteiger partial charge in [-0.2, -0.15) is 0 Å². The summed E-state index contributed by atoms with van der Waals surface area (Å²) < 4.78 is 0.885. The molecule has 0 radical (unpaired) electrons. The zero-order chi connectivity index (χ0) is 18.0. The van der Waals surface area contributed by atoms with Crippen molar-refractivity contribution < 1.29 is 4.79 Å². The fourth-order valence-electron chi connectivity index (χ4n) is 1.92. The van der Waals surface area contributed by atoms with E-state index in [0.717, 1.165) is 21.3 Å². The van der Waals surface area contributed by atoms with E-state index in [1.54, 1.807) is 23.5 Å². The summed E-state index contributed by atoms with van der Waals surface area (Å²) in [5.74, 6) is -0.104. The van der Waals surface area contributed by atoms with Gasteiger partial charge in [0.05, 0.1) is 21.0 Å². The van der Waals surface area contributed by atoms with E-state index in [1.165, 1.54) is 23.1 Å². The van der Waals surface area contributed by atoms with Crippen LogP contribution in [0.3, 0.4) is 0 Å². The average molecular weight is 430 g/mol. The maximum atomic E-state index is 12.3. The third kappa shape index (κ3) is 4.74. The van der Waals surface area contributed by atoms with Crippen molar-refractivity contribution in [1.29, 1.82) is 0 Å². The Balaban J connectivity index is 1.66. The van der Waals surface area contributed by atoms with Crippen molar-refractivity contribution in [3.05, 3.63) is 44.7 Å². The minimum Gasteiger partial charge on any atom is -0.301 e. The Kier molecular flexibility index (Phi) is 6.01. The Bertz CT molecular complexity index is 910. The highest BCUT2D eigenvalue weighted by Crippen LogP contribution is 2.31. The summed E-state index contributed by atoms with van der Waals surface area (Å²) in [7, 11) is 0. The lowest BCUT2D eigenvalue weighted by Crippen LogP contribution is -2.22. The Morgan fingerprint density at radius 1 is 1.20 bits per heavy atom. The van der Waals surface area contributed by atoms with Crippen molar-refractivity contribution in [3.8, 4) is 11.3 Å². The van der Waals surface area contributed by atoms with E-state index in [2.05, 4.69) is 15.3 Å². The van der Waals surface area contributed by atoms with Crippen LogP contribution in [-0.4, -0.2) is 21.1 Å². The standard InChI is InChI=1S/C16H13Cl2N3OS3/c1-8-6-24-16(19-8)25-9(2)14(22)21-15-20-13(7-23-15)10-3-4-11(17)12(18)5-10/h3-7,9H,1-2H3,(H,20,21,22). The molecule has 0 aliphatic heterocycles. The molecule has 1 amide bonds. The first kappa shape index (κ1) is 18.7. The Hall–Kier alpha value is -1.12. The maximum absolute atomic E-state index is 12.3. The van der Waals surface area contributed by atoms with Crippen LogP contribution in [-0.2, 0) is 4.79 Å². The van der Waals surface area contributed by atoms with Crippen LogP contribution in [0.15, 0.2) is 33.3 Å². The summed E-state index contributed by atoms with van der Waals surface area (Å²) in [6.45, 7) is 3.79. The molecule has 3 aromatic rings. The lowest BCUT2D eigenvalue weighted by Gasteiger charge is -2.08. The number of anilines is 1. The van der Waals surface area contributed by atoms with E-state index >= 15 is 0 Å². The number of aryl methyl sites for hydroxylation is 1. The number of benzene rings is 1. The van der Waals surface area contributed by atoms with Gasteiger partial charge in [-0.05, 0) is 26.0 Å². The molecule has 0 aliphatic rings. The molecule has 2 heterocycles. The quantitative estimate of drug-likeness (QED) is 0.505. The van der Waals surface area contributed by atoms with Crippen LogP contribution in [0, 0.1) is 6.92 Å². The number of hydrogen-bond donors (Lipinski definition) is 1. The molecule has 3 rings (SSSR count). The third-order valence-corrected chi connectivity index (χ3v) is 6.88. The third-order valence-electron chi connectivity index (χ3n) is 3.19. The minimum atomic E-state index is -0.261. The number of carbonyl (C=O) groups excluding carboxylic acids is 1. The van der Waals surface area contributed by atoms with Crippen LogP contribution in [0.2, 0.25) is 10.0 Å². The monoisotopic (exact) mass is 429 g/mol. The van der Waals surface area contributed by atoms with Crippen molar-refractivity contribution in [1.82, 2.24) is 9.97 Å². The normalized spacial score (nSPS) is 12.2. The molecule has 4 nitrogen and oxygen atoms in total. The number of aromatic nitrogens is 2. The number of nitrogens with zero attached hydrogens (tertiary/aromatic N) is 2. The predicted molar refractivity (Wildman–Crippen MR) is 108 cm³/mol. The van der Waals surface area contributed by atoms with Gasteiger partial charge in [-0.15, -0.1) is 22.7 Å². The van der Waals surface area contributed by atoms with Gasteiger partial charge >= 0.3 is 0 Å². The number of halogens is 2. The van der Waals surface area contributed by atoms with E-state index in [0.29, 0.717) is 15.2 Å². The molecule has 1 unspecified atom stereocenters. The van der Waals surface area contributed by atoms with Crippen molar-refractivity contribution in [2.24, 2.45) is 0 Å². The van der Waals surface area contributed by atoms with Gasteiger partial charge in [-0.25, -0.2) is 9.97 Å². The number of rotatable bonds is 5. The summed E-state index contributed by atoms with van der Waals surface area (Å²) >= 11 is 16.3. The fourth-order valence-corrected chi connectivity index (χ4v) is 4.92. The Morgan fingerprint density at radius 2 is 2.00 bits per heavy atom. The number of thioether (sulfide) groups is 1. The van der Waals surface area contributed by atoms with Crippen LogP contribution < -0.4 is 5.32 Å². The van der Waals surface area contributed by atoms with Crippen LogP contribution in [0.25, 0.3) is 11.3 Å². The number of amides is 1. The van der Waals surface area contributed by atoms with Gasteiger partial charge < -0.3 is 5.32 Å². The van der Waals surface area contributed by atoms with Crippen molar-refractivity contribution in [2.75, 3.05) is 5.32 Å². The predicted octanol–water partition coefficient (Wildman–Crippen LogP) is 6.00. The van der Waals surface area contributed by atoms with E-state index in [-0.39, 0.29) is 11.2 Å². The van der Waals surface area contributed by atoms with Crippen LogP contribution in [0.5, 0.6) is 0 Å². The highest BCUT2D eigenvalue weighted by atomic mass is 35.5. The van der Waals surface area contributed by atoms with E-state index in [9.17, 15) is 4.79 Å². The molecule has 1 N–H and O–H groups in total. The minimum absolute atomic E-state index is 0.104. The van der Waals surface area contributed by atoms with Gasteiger partial charge in [-0.3, -0.25) is 4.79 Å². The number of hydrogen-bond acceptors (Lipinski definition) is 6. The first-order chi connectivity index (χ1) is 11.9. The van der Waals surface area contributed by atoms with Gasteiger partial charge in [0.1, 0.15) is 0 Å². The number of carbonyl (C=O) groups is 1. The van der Waals surface area contributed by atoms with Gasteiger partial charge in [0.25, 0.3) is 0 Å². The zero-order valence-corrected chi connectivity index (χ0v) is 17.2. The van der Waals surface area contributed by atoms with Crippen LogP contribution in [0.4, 0.5) is 5.13 Å². The molecule has 0 saturated carbocycles. The summed E-state index contributed by atoms with van der Waals surface area (Å²) in [4.78, 5) is 21.2. The van der Waals surface area contributed by atoms with Gasteiger partial charge in [0.15, 0.2) is 9.47 Å². The number of nitrogens with one attached hydrogen (secondary N) is 1. The molecule has 0 fully saturated rings. The molecular weight excluding hydrogens is 417 g/mol. The largest absolute Gasteiger partial charge is 0.301 e. The molecule has 1 aromatic carbocycles. The van der Waals surface area contributed by atoms with Gasteiger partial charge in [0.2, 0.25) is 5.91 Å². The lowest BCUT2D eigenvalue weighted by atomic mass is 10.2. The van der Waals surface area contributed by atoms with E-state index in [4.69, 9.17) is 23.2 Å². The highest BCUT2D eigenvalue weighted by Gasteiger charge is 2.18. The van der Waals surface area contributed by atoms with Crippen molar-refractivity contribution in [3.63, 3.8) is 0 Å².